The molecule has 1 aromatic heterocycles. The van der Waals surface area contributed by atoms with E-state index in [1.54, 1.807) is 24.3 Å². The molecule has 3 aromatic carbocycles. The highest BCUT2D eigenvalue weighted by atomic mass is 19.4. The molecule has 0 bridgehead atoms. The van der Waals surface area contributed by atoms with Gasteiger partial charge in [0.2, 0.25) is 0 Å². The predicted octanol–water partition coefficient (Wildman–Crippen LogP) is 9.07. The number of benzene rings is 3. The van der Waals surface area contributed by atoms with Crippen LogP contribution in [0.15, 0.2) is 73.3 Å². The number of Topliss-reactive ketones (excluding diaryl/α,β-unsaturated/α-hetero) is 1. The quantitative estimate of drug-likeness (QED) is 0.111. The number of carbonyl (C=O) groups is 2. The second-order valence-electron chi connectivity index (χ2n) is 14.3. The molecule has 0 unspecified atom stereocenters. The number of alkyl halides is 3. The fraction of sp³-hybridized carbons (Fsp3) is 0.364. The van der Waals surface area contributed by atoms with E-state index in [2.05, 4.69) is 59.3 Å². The molecule has 1 aliphatic heterocycles. The molecule has 1 amide bonds. The van der Waals surface area contributed by atoms with E-state index in [1.807, 2.05) is 24.3 Å². The van der Waals surface area contributed by atoms with Gasteiger partial charge in [0.05, 0.1) is 5.56 Å². The first-order valence-electron chi connectivity index (χ1n) is 19.1. The van der Waals surface area contributed by atoms with Gasteiger partial charge >= 0.3 is 6.18 Å². The number of H-pyrrole nitrogens is 1. The Bertz CT molecular complexity index is 2070. The Hall–Kier alpha value is -5.13. The molecular formula is C44H50F3N5O3. The summed E-state index contributed by atoms with van der Waals surface area (Å²) in [7, 11) is 0. The second-order valence-corrected chi connectivity index (χ2v) is 14.3. The molecule has 0 spiro atoms. The molecule has 6 rings (SSSR count). The lowest BCUT2D eigenvalue weighted by molar-refractivity contribution is -0.137. The van der Waals surface area contributed by atoms with Gasteiger partial charge in [0.1, 0.15) is 11.5 Å². The maximum Gasteiger partial charge on any atom is 0.416 e. The van der Waals surface area contributed by atoms with E-state index >= 15 is 0 Å². The number of fused-ring (bicyclic) bond motifs is 1. The molecule has 1 aliphatic carbocycles. The number of aryl methyl sites for hydroxylation is 2. The van der Waals surface area contributed by atoms with Crippen LogP contribution in [-0.4, -0.2) is 83.7 Å². The molecule has 8 nitrogen and oxygen atoms in total. The van der Waals surface area contributed by atoms with Crippen molar-refractivity contribution in [2.45, 2.75) is 53.1 Å². The second kappa shape index (κ2) is 17.1. The van der Waals surface area contributed by atoms with E-state index < -0.39 is 17.6 Å². The van der Waals surface area contributed by atoms with Crippen molar-refractivity contribution >= 4 is 34.7 Å². The van der Waals surface area contributed by atoms with Crippen molar-refractivity contribution < 1.29 is 27.5 Å². The molecule has 0 saturated carbocycles. The molecule has 1 fully saturated rings. The molecule has 2 aliphatic rings. The number of allylic oxidation sites excluding steroid dienone is 1. The number of hydrogen-bond acceptors (Lipinski definition) is 6. The van der Waals surface area contributed by atoms with Crippen LogP contribution in [0.4, 0.5) is 18.9 Å². The van der Waals surface area contributed by atoms with Gasteiger partial charge in [0.25, 0.3) is 5.91 Å². The number of ketones is 1. The smallest absolute Gasteiger partial charge is 0.416 e. The number of rotatable bonds is 12. The first-order valence-corrected chi connectivity index (χ1v) is 19.1. The first kappa shape index (κ1) is 39.6. The Morgan fingerprint density at radius 2 is 1.69 bits per heavy atom. The van der Waals surface area contributed by atoms with E-state index in [9.17, 15) is 22.8 Å². The van der Waals surface area contributed by atoms with Gasteiger partial charge in [0.15, 0.2) is 5.78 Å². The van der Waals surface area contributed by atoms with Crippen LogP contribution >= 0.6 is 0 Å². The third-order valence-electron chi connectivity index (χ3n) is 10.7. The van der Waals surface area contributed by atoms with Crippen molar-refractivity contribution in [2.24, 2.45) is 0 Å². The number of aromatic amines is 1. The minimum absolute atomic E-state index is 0.0875. The molecule has 11 heteroatoms. The highest BCUT2D eigenvalue weighted by Crippen LogP contribution is 2.36. The number of anilines is 1. The van der Waals surface area contributed by atoms with Crippen molar-refractivity contribution in [1.82, 2.24) is 19.7 Å². The molecule has 290 valence electrons. The van der Waals surface area contributed by atoms with Crippen LogP contribution in [0.5, 0.6) is 11.5 Å². The monoisotopic (exact) mass is 753 g/mol. The van der Waals surface area contributed by atoms with Gasteiger partial charge in [-0.2, -0.15) is 13.2 Å². The van der Waals surface area contributed by atoms with Gasteiger partial charge in [-0.1, -0.05) is 38.6 Å². The van der Waals surface area contributed by atoms with Gasteiger partial charge in [-0.15, -0.1) is 0 Å². The summed E-state index contributed by atoms with van der Waals surface area (Å²) >= 11 is 0. The number of halogens is 3. The summed E-state index contributed by atoms with van der Waals surface area (Å²) in [5, 5.41) is 2.66. The third kappa shape index (κ3) is 9.40. The van der Waals surface area contributed by atoms with Crippen molar-refractivity contribution in [3.05, 3.63) is 118 Å². The molecule has 1 saturated heterocycles. The number of ether oxygens (including phenoxy) is 1. The fourth-order valence-electron chi connectivity index (χ4n) is 7.52. The number of likely N-dealkylation sites (N-methyl/N-ethyl adjacent to an activating group) is 1. The van der Waals surface area contributed by atoms with Crippen LogP contribution in [0.1, 0.15) is 76.3 Å². The van der Waals surface area contributed by atoms with Gasteiger partial charge < -0.3 is 24.8 Å². The minimum atomic E-state index is -4.55. The topological polar surface area (TPSA) is 80.9 Å². The number of hydrogen-bond donors (Lipinski definition) is 2. The Morgan fingerprint density at radius 3 is 2.42 bits per heavy atom. The Balaban J connectivity index is 1.16. The Morgan fingerprint density at radius 1 is 0.964 bits per heavy atom. The number of nitrogens with one attached hydrogen (secondary N) is 2. The summed E-state index contributed by atoms with van der Waals surface area (Å²) in [5.74, 6) is 0.423. The average molecular weight is 754 g/mol. The Labute approximate surface area is 321 Å². The number of carbonyl (C=O) groups excluding carboxylic acids is 2. The fourth-order valence-corrected chi connectivity index (χ4v) is 7.52. The van der Waals surface area contributed by atoms with Gasteiger partial charge in [-0.25, -0.2) is 0 Å². The van der Waals surface area contributed by atoms with Gasteiger partial charge in [-0.3, -0.25) is 14.5 Å². The van der Waals surface area contributed by atoms with Gasteiger partial charge in [-0.05, 0) is 105 Å². The molecule has 2 N–H and O–H groups in total. The SMILES string of the molecule is C=C(c1c(C)[nH]c(/C=C2\C(=O)CCCc3cc(Oc4cccc(NC(=O)c5cccc(C(F)(F)F)c5)c4)ccc32)c1C)N1CCN(CCN(CC)CC)CC1. The lowest BCUT2D eigenvalue weighted by Crippen LogP contribution is -2.47. The summed E-state index contributed by atoms with van der Waals surface area (Å²) in [6.45, 7) is 21.3. The largest absolute Gasteiger partial charge is 0.457 e. The van der Waals surface area contributed by atoms with Gasteiger partial charge in [0, 0.05) is 91.2 Å². The highest BCUT2D eigenvalue weighted by Gasteiger charge is 2.31. The molecule has 4 aromatic rings. The van der Waals surface area contributed by atoms with E-state index in [0.717, 1.165) is 104 Å². The van der Waals surface area contributed by atoms with E-state index in [-0.39, 0.29) is 11.3 Å². The average Bonchev–Trinajstić information content (AvgIpc) is 3.35. The normalized spacial score (nSPS) is 16.0. The minimum Gasteiger partial charge on any atom is -0.457 e. The molecular weight excluding hydrogens is 704 g/mol. The van der Waals surface area contributed by atoms with Crippen molar-refractivity contribution in [3.8, 4) is 11.5 Å². The lowest BCUT2D eigenvalue weighted by atomic mass is 9.95. The molecule has 2 heterocycles. The summed E-state index contributed by atoms with van der Waals surface area (Å²) < 4.78 is 45.7. The number of piperazine rings is 1. The van der Waals surface area contributed by atoms with E-state index in [1.165, 1.54) is 12.1 Å². The molecule has 0 radical (unpaired) electrons. The zero-order valence-corrected chi connectivity index (χ0v) is 32.1. The lowest BCUT2D eigenvalue weighted by Gasteiger charge is -2.38. The van der Waals surface area contributed by atoms with Crippen LogP contribution in [-0.2, 0) is 17.4 Å². The number of aromatic nitrogens is 1. The van der Waals surface area contributed by atoms with Crippen LogP contribution < -0.4 is 10.1 Å². The van der Waals surface area contributed by atoms with Crippen molar-refractivity contribution in [2.75, 3.05) is 57.7 Å². The van der Waals surface area contributed by atoms with Crippen molar-refractivity contribution in [3.63, 3.8) is 0 Å². The number of nitrogens with zero attached hydrogens (tertiary/aromatic N) is 3. The maximum atomic E-state index is 13.6. The summed E-state index contributed by atoms with van der Waals surface area (Å²) in [5.41, 5.74) is 6.98. The highest BCUT2D eigenvalue weighted by molar-refractivity contribution is 6.26. The maximum absolute atomic E-state index is 13.6. The van der Waals surface area contributed by atoms with Crippen LogP contribution in [0, 0.1) is 13.8 Å². The predicted molar refractivity (Wildman–Crippen MR) is 213 cm³/mol. The van der Waals surface area contributed by atoms with Crippen LogP contribution in [0.2, 0.25) is 0 Å². The van der Waals surface area contributed by atoms with E-state index in [0.29, 0.717) is 42.0 Å². The standard InChI is InChI=1S/C44H50F3N5O3/c1-6-50(7-2)19-20-51-21-23-52(24-22-51)31(5)42-29(3)40(48-30(42)4)28-39-38-18-17-37(26-32(38)11-9-16-41(39)53)55-36-15-10-14-35(27-36)49-43(54)33-12-8-13-34(25-33)44(45,46)47/h8,10,12-15,17-18,25-28,48H,5-7,9,11,16,19-24H2,1-4H3,(H,49,54)/b39-28-. The zero-order valence-electron chi connectivity index (χ0n) is 32.1. The van der Waals surface area contributed by atoms with Crippen molar-refractivity contribution in [1.29, 1.82) is 0 Å². The number of amides is 1. The van der Waals surface area contributed by atoms with Crippen LogP contribution in [0.25, 0.3) is 17.3 Å². The first-order chi connectivity index (χ1) is 26.3. The van der Waals surface area contributed by atoms with E-state index in [4.69, 9.17) is 4.74 Å². The molecule has 0 atom stereocenters. The summed E-state index contributed by atoms with van der Waals surface area (Å²) in [4.78, 5) is 37.3. The summed E-state index contributed by atoms with van der Waals surface area (Å²) in [6, 6.07) is 16.6. The van der Waals surface area contributed by atoms with Crippen LogP contribution in [0.3, 0.4) is 0 Å². The zero-order chi connectivity index (χ0) is 39.3. The molecule has 55 heavy (non-hydrogen) atoms. The summed E-state index contributed by atoms with van der Waals surface area (Å²) in [6.07, 6.45) is -0.735. The third-order valence-corrected chi connectivity index (χ3v) is 10.7. The Kier molecular flexibility index (Phi) is 12.3.